The molecular weight excluding hydrogens is 262 g/mol. The van der Waals surface area contributed by atoms with Gasteiger partial charge in [0.05, 0.1) is 17.5 Å². The third kappa shape index (κ3) is 3.22. The van der Waals surface area contributed by atoms with Gasteiger partial charge in [-0.15, -0.1) is 0 Å². The fourth-order valence-corrected chi connectivity index (χ4v) is 1.78. The lowest BCUT2D eigenvalue weighted by molar-refractivity contribution is -0.122. The van der Waals surface area contributed by atoms with E-state index in [0.29, 0.717) is 6.54 Å². The largest absolute Gasteiger partial charge is 0.478 e. The molecule has 0 saturated carbocycles. The first-order valence-electron chi connectivity index (χ1n) is 5.97. The third-order valence-corrected chi connectivity index (χ3v) is 2.78. The number of amides is 1. The first-order valence-corrected chi connectivity index (χ1v) is 5.97. The van der Waals surface area contributed by atoms with Crippen LogP contribution in [0.25, 0.3) is 0 Å². The van der Waals surface area contributed by atoms with Crippen molar-refractivity contribution in [2.24, 2.45) is 7.05 Å². The Bertz CT molecular complexity index is 643. The van der Waals surface area contributed by atoms with Crippen LogP contribution in [0.5, 0.6) is 0 Å². The second-order valence-corrected chi connectivity index (χ2v) is 4.42. The van der Waals surface area contributed by atoms with Gasteiger partial charge in [-0.25, -0.2) is 4.79 Å². The van der Waals surface area contributed by atoms with E-state index in [4.69, 9.17) is 5.11 Å². The second-order valence-electron chi connectivity index (χ2n) is 4.42. The zero-order valence-corrected chi connectivity index (χ0v) is 11.2. The average molecular weight is 277 g/mol. The van der Waals surface area contributed by atoms with Crippen LogP contribution in [0.4, 0.5) is 0 Å². The molecular formula is C12H15N5O3. The summed E-state index contributed by atoms with van der Waals surface area (Å²) in [5.74, 6) is -1.31. The van der Waals surface area contributed by atoms with Crippen LogP contribution in [-0.2, 0) is 24.9 Å². The van der Waals surface area contributed by atoms with Crippen molar-refractivity contribution in [2.45, 2.75) is 20.0 Å². The summed E-state index contributed by atoms with van der Waals surface area (Å²) in [7, 11) is 1.81. The Morgan fingerprint density at radius 2 is 2.15 bits per heavy atom. The van der Waals surface area contributed by atoms with Crippen LogP contribution >= 0.6 is 0 Å². The molecule has 2 aromatic heterocycles. The van der Waals surface area contributed by atoms with E-state index in [1.54, 1.807) is 4.68 Å². The van der Waals surface area contributed by atoms with E-state index < -0.39 is 5.97 Å². The predicted octanol–water partition coefficient (Wildman–Crippen LogP) is -0.0604. The average Bonchev–Trinajstić information content (AvgIpc) is 2.94. The number of hydrogen-bond acceptors (Lipinski definition) is 4. The number of carbonyl (C=O) groups is 2. The Morgan fingerprint density at radius 3 is 2.70 bits per heavy atom. The van der Waals surface area contributed by atoms with E-state index in [1.807, 2.05) is 20.2 Å². The van der Waals surface area contributed by atoms with Gasteiger partial charge in [0, 0.05) is 31.5 Å². The zero-order valence-electron chi connectivity index (χ0n) is 11.2. The standard InChI is InChI=1S/C12H15N5O3/c1-8-9(5-16(2)15-8)3-13-11(18)7-17-6-10(4-14-17)12(19)20/h4-6H,3,7H2,1-2H3,(H,13,18)(H,19,20). The molecule has 0 aliphatic heterocycles. The van der Waals surface area contributed by atoms with Crippen LogP contribution in [-0.4, -0.2) is 36.5 Å². The lowest BCUT2D eigenvalue weighted by atomic mass is 10.2. The monoisotopic (exact) mass is 277 g/mol. The van der Waals surface area contributed by atoms with Crippen molar-refractivity contribution in [3.05, 3.63) is 35.4 Å². The number of aromatic carboxylic acids is 1. The number of hydrogen-bond donors (Lipinski definition) is 2. The van der Waals surface area contributed by atoms with Crippen molar-refractivity contribution in [1.29, 1.82) is 0 Å². The zero-order chi connectivity index (χ0) is 14.7. The molecule has 0 spiro atoms. The van der Waals surface area contributed by atoms with Gasteiger partial charge in [0.25, 0.3) is 0 Å². The van der Waals surface area contributed by atoms with Crippen molar-refractivity contribution in [3.8, 4) is 0 Å². The summed E-state index contributed by atoms with van der Waals surface area (Å²) in [6.45, 7) is 2.23. The fraction of sp³-hybridized carbons (Fsp3) is 0.333. The van der Waals surface area contributed by atoms with Crippen molar-refractivity contribution < 1.29 is 14.7 Å². The Morgan fingerprint density at radius 1 is 1.40 bits per heavy atom. The van der Waals surface area contributed by atoms with Gasteiger partial charge in [0.2, 0.25) is 5.91 Å². The van der Waals surface area contributed by atoms with Crippen molar-refractivity contribution in [3.63, 3.8) is 0 Å². The summed E-state index contributed by atoms with van der Waals surface area (Å²) in [5.41, 5.74) is 1.86. The van der Waals surface area contributed by atoms with Gasteiger partial charge in [-0.2, -0.15) is 10.2 Å². The molecule has 0 aromatic carbocycles. The summed E-state index contributed by atoms with van der Waals surface area (Å²) in [6, 6.07) is 0. The summed E-state index contributed by atoms with van der Waals surface area (Å²) in [6.07, 6.45) is 4.37. The fourth-order valence-electron chi connectivity index (χ4n) is 1.78. The van der Waals surface area contributed by atoms with Gasteiger partial charge < -0.3 is 10.4 Å². The Kier molecular flexibility index (Phi) is 3.83. The number of carbonyl (C=O) groups excluding carboxylic acids is 1. The highest BCUT2D eigenvalue weighted by molar-refractivity contribution is 5.87. The maximum Gasteiger partial charge on any atom is 0.338 e. The van der Waals surface area contributed by atoms with Gasteiger partial charge >= 0.3 is 5.97 Å². The number of carboxylic acids is 1. The number of aromatic nitrogens is 4. The van der Waals surface area contributed by atoms with E-state index in [0.717, 1.165) is 11.3 Å². The molecule has 2 N–H and O–H groups in total. The molecule has 0 radical (unpaired) electrons. The smallest absolute Gasteiger partial charge is 0.338 e. The number of nitrogens with zero attached hydrogens (tertiary/aromatic N) is 4. The maximum absolute atomic E-state index is 11.7. The summed E-state index contributed by atoms with van der Waals surface area (Å²) >= 11 is 0. The van der Waals surface area contributed by atoms with Gasteiger partial charge in [-0.3, -0.25) is 14.2 Å². The number of nitrogens with one attached hydrogen (secondary N) is 1. The minimum Gasteiger partial charge on any atom is -0.478 e. The number of rotatable bonds is 5. The lowest BCUT2D eigenvalue weighted by Gasteiger charge is -2.04. The highest BCUT2D eigenvalue weighted by Gasteiger charge is 2.09. The van der Waals surface area contributed by atoms with Crippen LogP contribution in [0, 0.1) is 6.92 Å². The van der Waals surface area contributed by atoms with Crippen LogP contribution in [0.3, 0.4) is 0 Å². The first kappa shape index (κ1) is 13.8. The van der Waals surface area contributed by atoms with Gasteiger partial charge in [-0.1, -0.05) is 0 Å². The normalized spacial score (nSPS) is 10.5. The van der Waals surface area contributed by atoms with Gasteiger partial charge in [0.1, 0.15) is 6.54 Å². The number of carboxylic acid groups (broad SMARTS) is 1. The molecule has 2 heterocycles. The minimum absolute atomic E-state index is 0.0212. The molecule has 20 heavy (non-hydrogen) atoms. The molecule has 0 unspecified atom stereocenters. The second kappa shape index (κ2) is 5.55. The molecule has 0 aliphatic rings. The Hall–Kier alpha value is -2.64. The SMILES string of the molecule is Cc1nn(C)cc1CNC(=O)Cn1cc(C(=O)O)cn1. The maximum atomic E-state index is 11.7. The Balaban J connectivity index is 1.89. The molecule has 0 aliphatic carbocycles. The van der Waals surface area contributed by atoms with Crippen molar-refractivity contribution >= 4 is 11.9 Å². The van der Waals surface area contributed by atoms with Crippen LogP contribution in [0.2, 0.25) is 0 Å². The Labute approximate surface area is 115 Å². The van der Waals surface area contributed by atoms with Crippen LogP contribution in [0.15, 0.2) is 18.6 Å². The summed E-state index contributed by atoms with van der Waals surface area (Å²) in [5, 5.41) is 19.5. The third-order valence-electron chi connectivity index (χ3n) is 2.78. The molecule has 8 nitrogen and oxygen atoms in total. The van der Waals surface area contributed by atoms with E-state index in [2.05, 4.69) is 15.5 Å². The van der Waals surface area contributed by atoms with E-state index in [-0.39, 0.29) is 18.0 Å². The van der Waals surface area contributed by atoms with Gasteiger partial charge in [-0.05, 0) is 6.92 Å². The summed E-state index contributed by atoms with van der Waals surface area (Å²) < 4.78 is 2.97. The molecule has 0 bridgehead atoms. The van der Waals surface area contributed by atoms with Gasteiger partial charge in [0.15, 0.2) is 0 Å². The summed E-state index contributed by atoms with van der Waals surface area (Å²) in [4.78, 5) is 22.4. The molecule has 1 amide bonds. The van der Waals surface area contributed by atoms with E-state index in [1.165, 1.54) is 17.1 Å². The number of aryl methyl sites for hydroxylation is 2. The molecule has 0 fully saturated rings. The topological polar surface area (TPSA) is 102 Å². The molecule has 0 saturated heterocycles. The minimum atomic E-state index is -1.07. The van der Waals surface area contributed by atoms with E-state index in [9.17, 15) is 9.59 Å². The highest BCUT2D eigenvalue weighted by Crippen LogP contribution is 2.03. The molecule has 106 valence electrons. The molecule has 2 aromatic rings. The van der Waals surface area contributed by atoms with Crippen molar-refractivity contribution in [1.82, 2.24) is 24.9 Å². The van der Waals surface area contributed by atoms with Crippen LogP contribution < -0.4 is 5.32 Å². The lowest BCUT2D eigenvalue weighted by Crippen LogP contribution is -2.27. The first-order chi connectivity index (χ1) is 9.45. The predicted molar refractivity (Wildman–Crippen MR) is 69.0 cm³/mol. The van der Waals surface area contributed by atoms with Crippen molar-refractivity contribution in [2.75, 3.05) is 0 Å². The van der Waals surface area contributed by atoms with Crippen LogP contribution in [0.1, 0.15) is 21.6 Å². The molecule has 8 heteroatoms. The molecule has 0 atom stereocenters. The highest BCUT2D eigenvalue weighted by atomic mass is 16.4. The molecule has 2 rings (SSSR count). The van der Waals surface area contributed by atoms with E-state index >= 15 is 0 Å². The quantitative estimate of drug-likeness (QED) is 0.797.